The van der Waals surface area contributed by atoms with Gasteiger partial charge in [0.05, 0.1) is 0 Å². The van der Waals surface area contributed by atoms with E-state index >= 15 is 0 Å². The van der Waals surface area contributed by atoms with Crippen molar-refractivity contribution in [2.24, 2.45) is 0 Å². The van der Waals surface area contributed by atoms with Crippen molar-refractivity contribution in [3.63, 3.8) is 0 Å². The summed E-state index contributed by atoms with van der Waals surface area (Å²) < 4.78 is 4.91. The first-order chi connectivity index (χ1) is 4.72. The summed E-state index contributed by atoms with van der Waals surface area (Å²) >= 11 is 2.16. The fraction of sp³-hybridized carbons (Fsp3) is 0.800. The van der Waals surface area contributed by atoms with Gasteiger partial charge < -0.3 is 0 Å². The molecule has 3 nitrogen and oxygen atoms in total. The van der Waals surface area contributed by atoms with E-state index < -0.39 is 0 Å². The van der Waals surface area contributed by atoms with Crippen molar-refractivity contribution in [3.8, 4) is 0 Å². The van der Waals surface area contributed by atoms with E-state index in [9.17, 15) is 4.79 Å². The van der Waals surface area contributed by atoms with Crippen molar-refractivity contribution in [2.45, 2.75) is 13.0 Å². The Hall–Kier alpha value is 0.890. The zero-order valence-corrected chi connectivity index (χ0v) is 10.3. The molecule has 5 heteroatoms. The van der Waals surface area contributed by atoms with Crippen molar-refractivity contribution in [3.05, 3.63) is 0 Å². The van der Waals surface area contributed by atoms with E-state index in [1.165, 1.54) is 0 Å². The quantitative estimate of drug-likeness (QED) is 0.250. The minimum atomic E-state index is 0.147. The second kappa shape index (κ2) is 6.59. The van der Waals surface area contributed by atoms with Crippen LogP contribution in [0.1, 0.15) is 6.92 Å². The van der Waals surface area contributed by atoms with Gasteiger partial charge in [-0.2, -0.15) is 0 Å². The third-order valence-corrected chi connectivity index (χ3v) is 3.41. The molecule has 0 aromatic heterocycles. The maximum atomic E-state index is 10.2. The summed E-state index contributed by atoms with van der Waals surface area (Å²) in [5, 5.41) is 0. The third-order valence-electron chi connectivity index (χ3n) is 1.03. The molecule has 0 aliphatic heterocycles. The summed E-state index contributed by atoms with van der Waals surface area (Å²) in [6, 6.07) is 0.303. The molecule has 0 rings (SSSR count). The van der Waals surface area contributed by atoms with Crippen LogP contribution >= 0.6 is 22.9 Å². The summed E-state index contributed by atoms with van der Waals surface area (Å²) in [6.45, 7) is 2.93. The number of amides is 1. The number of halogens is 2. The summed E-state index contributed by atoms with van der Waals surface area (Å²) in [5.74, 6) is 0. The Bertz CT molecular complexity index is 102. The molecule has 0 saturated carbocycles. The number of nitrogens with one attached hydrogen (secondary N) is 1. The molecule has 0 radical (unpaired) electrons. The molecule has 0 unspecified atom stereocenters. The summed E-state index contributed by atoms with van der Waals surface area (Å²) in [6.07, 6.45) is 0.848. The first-order valence-corrected chi connectivity index (χ1v) is 7.03. The predicted molar refractivity (Wildman–Crippen MR) is 45.3 cm³/mol. The van der Waals surface area contributed by atoms with Gasteiger partial charge in [0, 0.05) is 0 Å². The zero-order valence-electron chi connectivity index (χ0n) is 5.97. The van der Waals surface area contributed by atoms with Crippen molar-refractivity contribution in [2.75, 3.05) is 11.5 Å². The fourth-order valence-electron chi connectivity index (χ4n) is 0.380. The summed E-state index contributed by atoms with van der Waals surface area (Å²) in [7, 11) is 0. The molecule has 0 fully saturated rings. The number of nitrogens with zero attached hydrogens (tertiary/aromatic N) is 1. The average molecular weight is 369 g/mol. The van der Waals surface area contributed by atoms with Crippen LogP contribution in [0.25, 0.3) is 0 Å². The van der Waals surface area contributed by atoms with Gasteiger partial charge in [0.1, 0.15) is 0 Å². The molecule has 1 N–H and O–H groups in total. The number of carbonyl (C=O) groups is 1. The molecule has 62 valence electrons. The number of hydrogen-bond acceptors (Lipinski definition) is 2. The standard InChI is InChI=1S/C5H11I2N2O/c1-5(3-8-7-2)9(6)4-10/h4-5,8H,3H2,1-2H3/q-1/t5-/m0/s1. The van der Waals surface area contributed by atoms with Gasteiger partial charge in [-0.3, -0.25) is 0 Å². The van der Waals surface area contributed by atoms with Gasteiger partial charge in [-0.05, 0) is 0 Å². The van der Waals surface area contributed by atoms with E-state index in [0.29, 0.717) is 6.04 Å². The van der Waals surface area contributed by atoms with Gasteiger partial charge in [-0.1, -0.05) is 0 Å². The Balaban J connectivity index is 3.40. The molecule has 0 aromatic carbocycles. The molecule has 1 atom stereocenters. The fourth-order valence-corrected chi connectivity index (χ4v) is 1.65. The van der Waals surface area contributed by atoms with Gasteiger partial charge in [-0.15, -0.1) is 0 Å². The number of carbonyl (C=O) groups excluding carboxylic acids is 1. The van der Waals surface area contributed by atoms with E-state index in [1.54, 1.807) is 3.11 Å². The SMILES string of the molecule is C[I-]NC[C@H](C)N(I)C=O. The van der Waals surface area contributed by atoms with Crippen LogP contribution in [0.3, 0.4) is 0 Å². The molecule has 0 heterocycles. The molecule has 0 aromatic rings. The molecular weight excluding hydrogens is 358 g/mol. The van der Waals surface area contributed by atoms with Gasteiger partial charge in [0.25, 0.3) is 0 Å². The minimum absolute atomic E-state index is 0.147. The Morgan fingerprint density at radius 1 is 1.90 bits per heavy atom. The third kappa shape index (κ3) is 4.67. The zero-order chi connectivity index (χ0) is 7.98. The first kappa shape index (κ1) is 10.9. The Labute approximate surface area is 86.0 Å². The van der Waals surface area contributed by atoms with Gasteiger partial charge in [0.15, 0.2) is 0 Å². The molecule has 1 amide bonds. The molecule has 0 aliphatic carbocycles. The number of alkyl halides is 1. The molecule has 0 bridgehead atoms. The second-order valence-corrected chi connectivity index (χ2v) is 4.78. The predicted octanol–water partition coefficient (Wildman–Crippen LogP) is -2.59. The summed E-state index contributed by atoms with van der Waals surface area (Å²) in [5.41, 5.74) is 0. The van der Waals surface area contributed by atoms with Crippen LogP contribution in [0.15, 0.2) is 0 Å². The van der Waals surface area contributed by atoms with E-state index in [-0.39, 0.29) is 21.5 Å². The molecule has 0 spiro atoms. The van der Waals surface area contributed by atoms with E-state index in [0.717, 1.165) is 13.0 Å². The second-order valence-electron chi connectivity index (χ2n) is 1.83. The Morgan fingerprint density at radius 3 is 2.90 bits per heavy atom. The Kier molecular flexibility index (Phi) is 7.18. The van der Waals surface area contributed by atoms with Crippen molar-refractivity contribution < 1.29 is 26.3 Å². The van der Waals surface area contributed by atoms with E-state index in [2.05, 4.69) is 8.46 Å². The van der Waals surface area contributed by atoms with Crippen LogP contribution in [0.5, 0.6) is 0 Å². The number of rotatable bonds is 5. The van der Waals surface area contributed by atoms with Crippen LogP contribution < -0.4 is 25.0 Å². The molecule has 0 saturated heterocycles. The monoisotopic (exact) mass is 369 g/mol. The Morgan fingerprint density at radius 2 is 2.50 bits per heavy atom. The number of hydrogen-bond donors (Lipinski definition) is 1. The molecule has 10 heavy (non-hydrogen) atoms. The molecular formula is C5H11I2N2O-. The van der Waals surface area contributed by atoms with Crippen LogP contribution in [0.2, 0.25) is 0 Å². The van der Waals surface area contributed by atoms with E-state index in [4.69, 9.17) is 0 Å². The maximum absolute atomic E-state index is 10.2. The van der Waals surface area contributed by atoms with E-state index in [1.807, 2.05) is 29.8 Å². The van der Waals surface area contributed by atoms with Crippen molar-refractivity contribution >= 4 is 29.3 Å². The van der Waals surface area contributed by atoms with Crippen LogP contribution in [-0.2, 0) is 4.79 Å². The van der Waals surface area contributed by atoms with Gasteiger partial charge in [0.2, 0.25) is 0 Å². The first-order valence-electron chi connectivity index (χ1n) is 2.83. The van der Waals surface area contributed by atoms with Crippen LogP contribution in [0.4, 0.5) is 0 Å². The summed E-state index contributed by atoms with van der Waals surface area (Å²) in [4.78, 5) is 12.4. The van der Waals surface area contributed by atoms with Gasteiger partial charge in [-0.25, -0.2) is 0 Å². The average Bonchev–Trinajstić information content (AvgIpc) is 1.98. The normalized spacial score (nSPS) is 13.1. The van der Waals surface area contributed by atoms with Crippen molar-refractivity contribution in [1.82, 2.24) is 6.64 Å². The van der Waals surface area contributed by atoms with Crippen LogP contribution in [0, 0.1) is 0 Å². The topological polar surface area (TPSA) is 32.3 Å². The van der Waals surface area contributed by atoms with Gasteiger partial charge >= 0.3 is 86.6 Å². The van der Waals surface area contributed by atoms with Crippen molar-refractivity contribution in [1.29, 1.82) is 0 Å². The molecule has 0 aliphatic rings. The van der Waals surface area contributed by atoms with Crippen LogP contribution in [-0.4, -0.2) is 27.0 Å².